The van der Waals surface area contributed by atoms with Gasteiger partial charge in [-0.3, -0.25) is 0 Å². The lowest BCUT2D eigenvalue weighted by atomic mass is 10.0. The first-order chi connectivity index (χ1) is 8.96. The number of benzene rings is 1. The van der Waals surface area contributed by atoms with Crippen LogP contribution in [0.2, 0.25) is 0 Å². The van der Waals surface area contributed by atoms with Crippen LogP contribution in [-0.4, -0.2) is 25.3 Å². The van der Waals surface area contributed by atoms with E-state index in [0.717, 1.165) is 35.7 Å². The molecule has 1 fully saturated rings. The van der Waals surface area contributed by atoms with Crippen molar-refractivity contribution in [2.75, 3.05) is 6.54 Å². The average molecular weight is 346 g/mol. The summed E-state index contributed by atoms with van der Waals surface area (Å²) in [6.45, 7) is 4.62. The van der Waals surface area contributed by atoms with Crippen molar-refractivity contribution in [2.45, 2.75) is 50.5 Å². The van der Waals surface area contributed by atoms with E-state index >= 15 is 0 Å². The molecule has 0 aliphatic carbocycles. The van der Waals surface area contributed by atoms with E-state index in [0.29, 0.717) is 11.4 Å². The molecule has 1 aliphatic rings. The monoisotopic (exact) mass is 345 g/mol. The van der Waals surface area contributed by atoms with Gasteiger partial charge in [-0.25, -0.2) is 8.42 Å². The fourth-order valence-corrected chi connectivity index (χ4v) is 4.71. The van der Waals surface area contributed by atoms with Crippen molar-refractivity contribution in [3.8, 4) is 0 Å². The van der Waals surface area contributed by atoms with Crippen LogP contribution in [0.15, 0.2) is 27.6 Å². The molecule has 19 heavy (non-hydrogen) atoms. The molecule has 5 heteroatoms. The van der Waals surface area contributed by atoms with Crippen LogP contribution >= 0.6 is 15.9 Å². The SMILES string of the molecule is CCC1CCCCN1S(=O)(=O)c1ccc(Br)c(C)c1. The number of halogens is 1. The minimum absolute atomic E-state index is 0.155. The maximum atomic E-state index is 12.7. The number of sulfonamides is 1. The summed E-state index contributed by atoms with van der Waals surface area (Å²) >= 11 is 3.41. The molecular weight excluding hydrogens is 326 g/mol. The number of hydrogen-bond acceptors (Lipinski definition) is 2. The summed E-state index contributed by atoms with van der Waals surface area (Å²) in [5.41, 5.74) is 0.950. The van der Waals surface area contributed by atoms with Crippen LogP contribution in [0.3, 0.4) is 0 Å². The Hall–Kier alpha value is -0.390. The Morgan fingerprint density at radius 2 is 2.11 bits per heavy atom. The fourth-order valence-electron chi connectivity index (χ4n) is 2.61. The van der Waals surface area contributed by atoms with Gasteiger partial charge in [0, 0.05) is 17.1 Å². The molecule has 1 aromatic carbocycles. The number of aryl methyl sites for hydroxylation is 1. The summed E-state index contributed by atoms with van der Waals surface area (Å²) in [5.74, 6) is 0. The number of rotatable bonds is 3. The highest BCUT2D eigenvalue weighted by atomic mass is 79.9. The van der Waals surface area contributed by atoms with Crippen molar-refractivity contribution in [1.29, 1.82) is 0 Å². The quantitative estimate of drug-likeness (QED) is 0.837. The zero-order valence-electron chi connectivity index (χ0n) is 11.4. The molecule has 106 valence electrons. The van der Waals surface area contributed by atoms with Gasteiger partial charge in [-0.15, -0.1) is 0 Å². The van der Waals surface area contributed by atoms with E-state index in [-0.39, 0.29) is 6.04 Å². The van der Waals surface area contributed by atoms with Crippen LogP contribution in [-0.2, 0) is 10.0 Å². The molecule has 1 heterocycles. The van der Waals surface area contributed by atoms with Gasteiger partial charge in [-0.05, 0) is 49.9 Å². The van der Waals surface area contributed by atoms with Crippen LogP contribution in [0, 0.1) is 6.92 Å². The van der Waals surface area contributed by atoms with Crippen molar-refractivity contribution >= 4 is 26.0 Å². The van der Waals surface area contributed by atoms with Crippen molar-refractivity contribution < 1.29 is 8.42 Å². The van der Waals surface area contributed by atoms with Crippen LogP contribution in [0.1, 0.15) is 38.2 Å². The number of piperidine rings is 1. The van der Waals surface area contributed by atoms with Gasteiger partial charge >= 0.3 is 0 Å². The second kappa shape index (κ2) is 5.94. The standard InChI is InChI=1S/C14H20BrNO2S/c1-3-12-6-4-5-9-16(12)19(17,18)13-7-8-14(15)11(2)10-13/h7-8,10,12H,3-6,9H2,1-2H3. The summed E-state index contributed by atoms with van der Waals surface area (Å²) in [4.78, 5) is 0.411. The lowest BCUT2D eigenvalue weighted by Gasteiger charge is -2.34. The average Bonchev–Trinajstić information content (AvgIpc) is 2.41. The third kappa shape index (κ3) is 3.03. The molecule has 0 spiro atoms. The van der Waals surface area contributed by atoms with E-state index in [2.05, 4.69) is 22.9 Å². The highest BCUT2D eigenvalue weighted by Gasteiger charge is 2.32. The molecule has 1 aliphatic heterocycles. The summed E-state index contributed by atoms with van der Waals surface area (Å²) in [7, 11) is -3.35. The van der Waals surface area contributed by atoms with E-state index in [1.165, 1.54) is 0 Å². The Morgan fingerprint density at radius 3 is 2.74 bits per heavy atom. The first-order valence-electron chi connectivity index (χ1n) is 6.75. The minimum Gasteiger partial charge on any atom is -0.207 e. The minimum atomic E-state index is -3.35. The van der Waals surface area contributed by atoms with Crippen molar-refractivity contribution in [3.63, 3.8) is 0 Å². The molecule has 0 radical (unpaired) electrons. The van der Waals surface area contributed by atoms with Gasteiger partial charge in [-0.2, -0.15) is 4.31 Å². The van der Waals surface area contributed by atoms with Gasteiger partial charge in [0.25, 0.3) is 0 Å². The maximum absolute atomic E-state index is 12.7. The smallest absolute Gasteiger partial charge is 0.207 e. The summed E-state index contributed by atoms with van der Waals surface area (Å²) in [6, 6.07) is 5.41. The molecule has 2 rings (SSSR count). The fraction of sp³-hybridized carbons (Fsp3) is 0.571. The second-order valence-electron chi connectivity index (χ2n) is 5.08. The predicted octanol–water partition coefficient (Wildman–Crippen LogP) is 3.71. The van der Waals surface area contributed by atoms with Crippen LogP contribution < -0.4 is 0 Å². The van der Waals surface area contributed by atoms with E-state index in [1.807, 2.05) is 13.0 Å². The number of hydrogen-bond donors (Lipinski definition) is 0. The van der Waals surface area contributed by atoms with Crippen LogP contribution in [0.4, 0.5) is 0 Å². The summed E-state index contributed by atoms with van der Waals surface area (Å²) < 4.78 is 28.1. The van der Waals surface area contributed by atoms with Gasteiger partial charge in [0.1, 0.15) is 0 Å². The largest absolute Gasteiger partial charge is 0.243 e. The lowest BCUT2D eigenvalue weighted by Crippen LogP contribution is -2.43. The summed E-state index contributed by atoms with van der Waals surface area (Å²) in [5, 5.41) is 0. The van der Waals surface area contributed by atoms with Crippen molar-refractivity contribution in [2.24, 2.45) is 0 Å². The van der Waals surface area contributed by atoms with E-state index < -0.39 is 10.0 Å². The van der Waals surface area contributed by atoms with Gasteiger partial charge in [0.05, 0.1) is 4.90 Å². The van der Waals surface area contributed by atoms with E-state index in [4.69, 9.17) is 0 Å². The van der Waals surface area contributed by atoms with Gasteiger partial charge in [-0.1, -0.05) is 29.3 Å². The van der Waals surface area contributed by atoms with E-state index in [1.54, 1.807) is 16.4 Å². The lowest BCUT2D eigenvalue weighted by molar-refractivity contribution is 0.246. The Morgan fingerprint density at radius 1 is 1.37 bits per heavy atom. The highest BCUT2D eigenvalue weighted by molar-refractivity contribution is 9.10. The van der Waals surface area contributed by atoms with Crippen LogP contribution in [0.25, 0.3) is 0 Å². The van der Waals surface area contributed by atoms with Crippen LogP contribution in [0.5, 0.6) is 0 Å². The highest BCUT2D eigenvalue weighted by Crippen LogP contribution is 2.28. The Kier molecular flexibility index (Phi) is 4.69. The van der Waals surface area contributed by atoms with E-state index in [9.17, 15) is 8.42 Å². The molecule has 0 amide bonds. The zero-order valence-corrected chi connectivity index (χ0v) is 13.8. The van der Waals surface area contributed by atoms with Gasteiger partial charge in [0.2, 0.25) is 10.0 Å². The molecule has 0 aromatic heterocycles. The molecule has 1 aromatic rings. The molecule has 1 atom stereocenters. The molecule has 0 N–H and O–H groups in total. The molecule has 0 bridgehead atoms. The molecule has 1 saturated heterocycles. The molecule has 1 unspecified atom stereocenters. The molecular formula is C14H20BrNO2S. The van der Waals surface area contributed by atoms with Crippen molar-refractivity contribution in [3.05, 3.63) is 28.2 Å². The van der Waals surface area contributed by atoms with Gasteiger partial charge < -0.3 is 0 Å². The van der Waals surface area contributed by atoms with Gasteiger partial charge in [0.15, 0.2) is 0 Å². The number of nitrogens with zero attached hydrogens (tertiary/aromatic N) is 1. The first kappa shape index (κ1) is 15.0. The van der Waals surface area contributed by atoms with Crippen molar-refractivity contribution in [1.82, 2.24) is 4.31 Å². The predicted molar refractivity (Wildman–Crippen MR) is 80.7 cm³/mol. The maximum Gasteiger partial charge on any atom is 0.243 e. The molecule has 3 nitrogen and oxygen atoms in total. The third-order valence-corrected chi connectivity index (χ3v) is 6.62. The Bertz CT molecular complexity index is 557. The topological polar surface area (TPSA) is 37.4 Å². The Labute approximate surface area is 124 Å². The normalized spacial score (nSPS) is 21.5. The summed E-state index contributed by atoms with van der Waals surface area (Å²) in [6.07, 6.45) is 3.95. The second-order valence-corrected chi connectivity index (χ2v) is 7.83. The zero-order chi connectivity index (χ0) is 14.0. The Balaban J connectivity index is 2.37. The first-order valence-corrected chi connectivity index (χ1v) is 8.98. The molecule has 0 saturated carbocycles. The third-order valence-electron chi connectivity index (χ3n) is 3.78.